The highest BCUT2D eigenvalue weighted by Gasteiger charge is 2.43. The smallest absolute Gasteiger partial charge is 0.231 e. The van der Waals surface area contributed by atoms with Crippen LogP contribution in [0.1, 0.15) is 49.8 Å². The molecule has 1 aliphatic carbocycles. The minimum atomic E-state index is -0.517. The van der Waals surface area contributed by atoms with Crippen LogP contribution in [0.3, 0.4) is 0 Å². The molecule has 2 aromatic carbocycles. The average molecular weight is 311 g/mol. The minimum absolute atomic E-state index is 0.0402. The summed E-state index contributed by atoms with van der Waals surface area (Å²) in [5.74, 6) is -0.210. The van der Waals surface area contributed by atoms with Crippen molar-refractivity contribution in [1.29, 1.82) is 0 Å². The largest absolute Gasteiger partial charge is 0.349 e. The second-order valence-corrected chi connectivity index (χ2v) is 6.40. The number of carbonyl (C=O) groups excluding carboxylic acids is 1. The van der Waals surface area contributed by atoms with Gasteiger partial charge < -0.3 is 5.32 Å². The van der Waals surface area contributed by atoms with Crippen molar-refractivity contribution in [1.82, 2.24) is 5.32 Å². The zero-order valence-corrected chi connectivity index (χ0v) is 13.4. The van der Waals surface area contributed by atoms with E-state index in [-0.39, 0.29) is 17.8 Å². The lowest BCUT2D eigenvalue weighted by atomic mass is 9.77. The molecule has 0 aliphatic heterocycles. The maximum absolute atomic E-state index is 13.2. The van der Waals surface area contributed by atoms with Gasteiger partial charge in [-0.3, -0.25) is 4.79 Å². The van der Waals surface area contributed by atoms with Crippen molar-refractivity contribution in [3.05, 3.63) is 71.5 Å². The predicted octanol–water partition coefficient (Wildman–Crippen LogP) is 4.51. The number of nitrogens with one attached hydrogen (secondary N) is 1. The highest BCUT2D eigenvalue weighted by Crippen LogP contribution is 2.41. The molecule has 1 amide bonds. The molecule has 0 spiro atoms. The molecule has 3 heteroatoms. The van der Waals surface area contributed by atoms with Crippen molar-refractivity contribution in [2.24, 2.45) is 0 Å². The van der Waals surface area contributed by atoms with E-state index in [1.54, 1.807) is 12.1 Å². The zero-order chi connectivity index (χ0) is 16.3. The van der Waals surface area contributed by atoms with Gasteiger partial charge in [-0.05, 0) is 43.0 Å². The van der Waals surface area contributed by atoms with Crippen LogP contribution in [-0.2, 0) is 10.2 Å². The third-order valence-electron chi connectivity index (χ3n) is 4.94. The van der Waals surface area contributed by atoms with E-state index in [9.17, 15) is 9.18 Å². The van der Waals surface area contributed by atoms with E-state index in [1.807, 2.05) is 37.3 Å². The maximum Gasteiger partial charge on any atom is 0.231 e. The Morgan fingerprint density at radius 2 is 1.65 bits per heavy atom. The second-order valence-electron chi connectivity index (χ2n) is 6.40. The first kappa shape index (κ1) is 15.7. The van der Waals surface area contributed by atoms with Crippen molar-refractivity contribution in [2.45, 2.75) is 44.1 Å². The van der Waals surface area contributed by atoms with E-state index in [0.29, 0.717) is 0 Å². The molecule has 0 bridgehead atoms. The minimum Gasteiger partial charge on any atom is -0.349 e. The SMILES string of the molecule is CC(NC(=O)C1(c2ccc(F)cc2)CCCC1)c1ccccc1. The van der Waals surface area contributed by atoms with E-state index < -0.39 is 5.41 Å². The Hall–Kier alpha value is -2.16. The normalized spacial score (nSPS) is 17.7. The highest BCUT2D eigenvalue weighted by atomic mass is 19.1. The summed E-state index contributed by atoms with van der Waals surface area (Å²) in [7, 11) is 0. The molecule has 1 atom stereocenters. The standard InChI is InChI=1S/C20H22FNO/c1-15(16-7-3-2-4-8-16)22-19(23)20(13-5-6-14-20)17-9-11-18(21)12-10-17/h2-4,7-12,15H,5-6,13-14H2,1H3,(H,22,23). The number of carbonyl (C=O) groups is 1. The molecule has 1 fully saturated rings. The molecule has 120 valence electrons. The van der Waals surface area contributed by atoms with Gasteiger partial charge in [0.05, 0.1) is 11.5 Å². The fourth-order valence-corrected chi connectivity index (χ4v) is 3.55. The Labute approximate surface area is 136 Å². The molecule has 2 nitrogen and oxygen atoms in total. The molecule has 0 aromatic heterocycles. The number of amides is 1. The van der Waals surface area contributed by atoms with Crippen molar-refractivity contribution in [3.8, 4) is 0 Å². The Morgan fingerprint density at radius 3 is 2.26 bits per heavy atom. The summed E-state index contributed by atoms with van der Waals surface area (Å²) in [5, 5.41) is 3.16. The maximum atomic E-state index is 13.2. The van der Waals surface area contributed by atoms with Gasteiger partial charge in [0.25, 0.3) is 0 Å². The van der Waals surface area contributed by atoms with E-state index in [0.717, 1.165) is 36.8 Å². The van der Waals surface area contributed by atoms with Gasteiger partial charge in [0.2, 0.25) is 5.91 Å². The van der Waals surface area contributed by atoms with Crippen LogP contribution in [0.2, 0.25) is 0 Å². The Balaban J connectivity index is 1.83. The summed E-state index contributed by atoms with van der Waals surface area (Å²) in [5.41, 5.74) is 1.50. The van der Waals surface area contributed by atoms with Gasteiger partial charge >= 0.3 is 0 Å². The number of hydrogen-bond donors (Lipinski definition) is 1. The first-order valence-electron chi connectivity index (χ1n) is 8.24. The molecule has 1 aliphatic rings. The summed E-state index contributed by atoms with van der Waals surface area (Å²) in [4.78, 5) is 13.0. The first-order valence-corrected chi connectivity index (χ1v) is 8.24. The number of benzene rings is 2. The third kappa shape index (κ3) is 3.14. The van der Waals surface area contributed by atoms with Gasteiger partial charge in [-0.2, -0.15) is 0 Å². The van der Waals surface area contributed by atoms with Gasteiger partial charge in [0.1, 0.15) is 5.82 Å². The molecule has 2 aromatic rings. The summed E-state index contributed by atoms with van der Waals surface area (Å²) in [6.07, 6.45) is 3.72. The van der Waals surface area contributed by atoms with Crippen molar-refractivity contribution >= 4 is 5.91 Å². The van der Waals surface area contributed by atoms with Crippen LogP contribution in [0.5, 0.6) is 0 Å². The molecule has 1 unspecified atom stereocenters. The third-order valence-corrected chi connectivity index (χ3v) is 4.94. The van der Waals surface area contributed by atoms with Crippen LogP contribution < -0.4 is 5.32 Å². The quantitative estimate of drug-likeness (QED) is 0.884. The fourth-order valence-electron chi connectivity index (χ4n) is 3.55. The topological polar surface area (TPSA) is 29.1 Å². The Morgan fingerprint density at radius 1 is 1.04 bits per heavy atom. The summed E-state index contributed by atoms with van der Waals surface area (Å²) in [6.45, 7) is 2.00. The van der Waals surface area contributed by atoms with Crippen molar-refractivity contribution in [3.63, 3.8) is 0 Å². The summed E-state index contributed by atoms with van der Waals surface area (Å²) < 4.78 is 13.2. The first-order chi connectivity index (χ1) is 11.1. The zero-order valence-electron chi connectivity index (χ0n) is 13.4. The second kappa shape index (κ2) is 6.53. The van der Waals surface area contributed by atoms with Crippen LogP contribution in [-0.4, -0.2) is 5.91 Å². The van der Waals surface area contributed by atoms with Crippen molar-refractivity contribution < 1.29 is 9.18 Å². The van der Waals surface area contributed by atoms with E-state index in [1.165, 1.54) is 12.1 Å². The molecule has 3 rings (SSSR count). The Kier molecular flexibility index (Phi) is 4.46. The number of halogens is 1. The van der Waals surface area contributed by atoms with Crippen LogP contribution in [0.4, 0.5) is 4.39 Å². The van der Waals surface area contributed by atoms with Crippen LogP contribution in [0.15, 0.2) is 54.6 Å². The van der Waals surface area contributed by atoms with Crippen LogP contribution in [0.25, 0.3) is 0 Å². The van der Waals surface area contributed by atoms with Crippen molar-refractivity contribution in [2.75, 3.05) is 0 Å². The summed E-state index contributed by atoms with van der Waals surface area (Å²) in [6, 6.07) is 16.3. The molecule has 23 heavy (non-hydrogen) atoms. The van der Waals surface area contributed by atoms with Crippen LogP contribution >= 0.6 is 0 Å². The summed E-state index contributed by atoms with van der Waals surface area (Å²) >= 11 is 0. The van der Waals surface area contributed by atoms with Gasteiger partial charge in [-0.1, -0.05) is 55.3 Å². The van der Waals surface area contributed by atoms with Gasteiger partial charge in [0.15, 0.2) is 0 Å². The monoisotopic (exact) mass is 311 g/mol. The lowest BCUT2D eigenvalue weighted by molar-refractivity contribution is -0.127. The predicted molar refractivity (Wildman–Crippen MR) is 89.5 cm³/mol. The highest BCUT2D eigenvalue weighted by molar-refractivity contribution is 5.88. The molecular weight excluding hydrogens is 289 g/mol. The van der Waals surface area contributed by atoms with Crippen LogP contribution in [0, 0.1) is 5.82 Å². The van der Waals surface area contributed by atoms with E-state index >= 15 is 0 Å². The Bertz CT molecular complexity index is 660. The fraction of sp³-hybridized carbons (Fsp3) is 0.350. The van der Waals surface area contributed by atoms with Gasteiger partial charge in [-0.15, -0.1) is 0 Å². The number of rotatable bonds is 4. The molecule has 1 saturated carbocycles. The molecular formula is C20H22FNO. The molecule has 0 heterocycles. The average Bonchev–Trinajstić information content (AvgIpc) is 3.07. The number of hydrogen-bond acceptors (Lipinski definition) is 1. The van der Waals surface area contributed by atoms with E-state index in [2.05, 4.69) is 5.32 Å². The van der Waals surface area contributed by atoms with Gasteiger partial charge in [0, 0.05) is 0 Å². The molecule has 1 N–H and O–H groups in total. The van der Waals surface area contributed by atoms with E-state index in [4.69, 9.17) is 0 Å². The molecule has 0 radical (unpaired) electrons. The lowest BCUT2D eigenvalue weighted by Gasteiger charge is -2.30. The van der Waals surface area contributed by atoms with Gasteiger partial charge in [-0.25, -0.2) is 4.39 Å². The molecule has 0 saturated heterocycles. The lowest BCUT2D eigenvalue weighted by Crippen LogP contribution is -2.43.